The van der Waals surface area contributed by atoms with Crippen molar-refractivity contribution in [3.63, 3.8) is 0 Å². The first kappa shape index (κ1) is 5.24. The van der Waals surface area contributed by atoms with Crippen LogP contribution in [0.25, 0.3) is 0 Å². The third-order valence-electron chi connectivity index (χ3n) is 0.567. The summed E-state index contributed by atoms with van der Waals surface area (Å²) in [7, 11) is 0. The van der Waals surface area contributed by atoms with Gasteiger partial charge in [0, 0.05) is 6.20 Å². The molecule has 0 aliphatic carbocycles. The molecular weight excluding hydrogens is 122 g/mol. The Morgan fingerprint density at radius 3 is 3.12 bits per heavy atom. The third-order valence-corrected chi connectivity index (χ3v) is 0.754. The van der Waals surface area contributed by atoms with E-state index < -0.39 is 0 Å². The molecule has 8 heavy (non-hydrogen) atoms. The molecule has 0 aliphatic rings. The highest BCUT2D eigenvalue weighted by Crippen LogP contribution is 1.70. The van der Waals surface area contributed by atoms with Gasteiger partial charge in [-0.2, -0.15) is 5.10 Å². The smallest absolute Gasteiger partial charge is 0.226 e. The minimum Gasteiger partial charge on any atom is -0.226 e. The quantitative estimate of drug-likeness (QED) is 0.476. The molecule has 0 saturated carbocycles. The van der Waals surface area contributed by atoms with Gasteiger partial charge >= 0.3 is 0 Å². The van der Waals surface area contributed by atoms with Crippen LogP contribution in [-0.2, 0) is 0 Å². The zero-order valence-electron chi connectivity index (χ0n) is 3.98. The van der Waals surface area contributed by atoms with E-state index in [9.17, 15) is 0 Å². The van der Waals surface area contributed by atoms with Crippen molar-refractivity contribution in [2.24, 2.45) is 0 Å². The molecule has 0 radical (unpaired) electrons. The molecule has 1 rings (SSSR count). The van der Waals surface area contributed by atoms with Crippen LogP contribution >= 0.6 is 12.2 Å². The molecule has 1 heterocycles. The van der Waals surface area contributed by atoms with E-state index >= 15 is 0 Å². The van der Waals surface area contributed by atoms with Gasteiger partial charge in [-0.3, -0.25) is 0 Å². The van der Waals surface area contributed by atoms with Gasteiger partial charge in [0.25, 0.3) is 0 Å². The fourth-order valence-electron chi connectivity index (χ4n) is 0.292. The second-order valence-corrected chi connectivity index (χ2v) is 1.48. The second-order valence-electron chi connectivity index (χ2n) is 1.12. The molecule has 0 amide bonds. The number of hydrogen-bond donors (Lipinski definition) is 0. The molecule has 40 valence electrons. The van der Waals surface area contributed by atoms with Crippen molar-refractivity contribution in [1.82, 2.24) is 15.2 Å². The van der Waals surface area contributed by atoms with E-state index in [1.54, 1.807) is 12.3 Å². The molecule has 0 fully saturated rings. The average Bonchev–Trinajstić information content (AvgIpc) is 1.94. The van der Waals surface area contributed by atoms with E-state index in [2.05, 4.69) is 27.4 Å². The van der Waals surface area contributed by atoms with E-state index in [0.29, 0.717) is 0 Å². The van der Waals surface area contributed by atoms with Crippen molar-refractivity contribution in [2.45, 2.75) is 0 Å². The Morgan fingerprint density at radius 2 is 2.25 bits per heavy atom. The minimum absolute atomic E-state index is 0.273. The lowest BCUT2D eigenvalue weighted by Crippen LogP contribution is -1.70. The molecule has 0 N–H and O–H groups in total. The molecule has 4 heteroatoms. The van der Waals surface area contributed by atoms with Crippen LogP contribution in [0.5, 0.6) is 0 Å². The Labute approximate surface area is 51.4 Å². The van der Waals surface area contributed by atoms with Crippen LogP contribution in [0, 0.1) is 4.77 Å². The molecule has 0 spiro atoms. The van der Waals surface area contributed by atoms with E-state index in [0.717, 1.165) is 0 Å². The SMILES string of the molecule is S=c1ncccnn1. The van der Waals surface area contributed by atoms with Crippen LogP contribution in [0.4, 0.5) is 0 Å². The summed E-state index contributed by atoms with van der Waals surface area (Å²) in [6.45, 7) is 0. The zero-order chi connectivity index (χ0) is 5.82. The summed E-state index contributed by atoms with van der Waals surface area (Å²) in [6.07, 6.45) is 3.09. The summed E-state index contributed by atoms with van der Waals surface area (Å²) in [6, 6.07) is 1.67. The van der Waals surface area contributed by atoms with Gasteiger partial charge in [0.2, 0.25) is 4.77 Å². The first-order chi connectivity index (χ1) is 3.89. The molecule has 0 aliphatic heterocycles. The maximum absolute atomic E-state index is 4.59. The van der Waals surface area contributed by atoms with Crippen LogP contribution in [0.2, 0.25) is 0 Å². The van der Waals surface area contributed by atoms with Gasteiger partial charge in [-0.1, -0.05) is 0 Å². The van der Waals surface area contributed by atoms with Crippen LogP contribution < -0.4 is 0 Å². The van der Waals surface area contributed by atoms with Crippen molar-refractivity contribution in [2.75, 3.05) is 0 Å². The topological polar surface area (TPSA) is 38.7 Å². The van der Waals surface area contributed by atoms with Crippen molar-refractivity contribution in [3.8, 4) is 0 Å². The number of rotatable bonds is 0. The van der Waals surface area contributed by atoms with Crippen molar-refractivity contribution in [3.05, 3.63) is 23.2 Å². The first-order valence-corrected chi connectivity index (χ1v) is 2.44. The Kier molecular flexibility index (Phi) is 1.58. The maximum atomic E-state index is 4.59. The van der Waals surface area contributed by atoms with Gasteiger partial charge in [-0.05, 0) is 18.3 Å². The van der Waals surface area contributed by atoms with Crippen LogP contribution in [-0.4, -0.2) is 15.2 Å². The summed E-state index contributed by atoms with van der Waals surface area (Å²) < 4.78 is 0.273. The standard InChI is InChI=1S/C4H3N3S/c8-4-5-2-1-3-6-7-4/h1-3H. The largest absolute Gasteiger partial charge is 0.239 e. The normalized spacial score (nSPS) is 8.50. The van der Waals surface area contributed by atoms with Gasteiger partial charge in [0.05, 0.1) is 6.20 Å². The molecule has 1 aromatic heterocycles. The van der Waals surface area contributed by atoms with Gasteiger partial charge in [0.1, 0.15) is 0 Å². The lowest BCUT2D eigenvalue weighted by Gasteiger charge is -1.59. The van der Waals surface area contributed by atoms with Gasteiger partial charge in [0.15, 0.2) is 0 Å². The van der Waals surface area contributed by atoms with E-state index in [1.807, 2.05) is 0 Å². The molecule has 1 aromatic rings. The first-order valence-electron chi connectivity index (χ1n) is 2.03. The third kappa shape index (κ3) is 1.31. The van der Waals surface area contributed by atoms with Gasteiger partial charge < -0.3 is 0 Å². The summed E-state index contributed by atoms with van der Waals surface area (Å²) >= 11 is 4.59. The second kappa shape index (κ2) is 2.42. The maximum Gasteiger partial charge on any atom is 0.239 e. The fraction of sp³-hybridized carbons (Fsp3) is 0. The van der Waals surface area contributed by atoms with Gasteiger partial charge in [-0.25, -0.2) is 4.98 Å². The summed E-state index contributed by atoms with van der Waals surface area (Å²) in [5, 5.41) is 7.03. The average molecular weight is 125 g/mol. The summed E-state index contributed by atoms with van der Waals surface area (Å²) in [5.41, 5.74) is 0. The van der Waals surface area contributed by atoms with E-state index in [4.69, 9.17) is 0 Å². The summed E-state index contributed by atoms with van der Waals surface area (Å²) in [4.78, 5) is 3.68. The Morgan fingerprint density at radius 1 is 1.38 bits per heavy atom. The van der Waals surface area contributed by atoms with E-state index in [-0.39, 0.29) is 4.77 Å². The highest BCUT2D eigenvalue weighted by molar-refractivity contribution is 7.71. The fourth-order valence-corrected chi connectivity index (χ4v) is 0.400. The molecule has 0 unspecified atom stereocenters. The molecule has 0 atom stereocenters. The summed E-state index contributed by atoms with van der Waals surface area (Å²) in [5.74, 6) is 0. The Bertz CT molecular complexity index is 202. The highest BCUT2D eigenvalue weighted by Gasteiger charge is 1.69. The lowest BCUT2D eigenvalue weighted by molar-refractivity contribution is 1.00. The zero-order valence-corrected chi connectivity index (χ0v) is 4.80. The van der Waals surface area contributed by atoms with Crippen LogP contribution in [0.15, 0.2) is 18.5 Å². The van der Waals surface area contributed by atoms with Crippen LogP contribution in [0.3, 0.4) is 0 Å². The molecule has 3 nitrogen and oxygen atoms in total. The van der Waals surface area contributed by atoms with Crippen molar-refractivity contribution < 1.29 is 0 Å². The van der Waals surface area contributed by atoms with Crippen LogP contribution in [0.1, 0.15) is 0 Å². The molecule has 0 aromatic carbocycles. The molecular formula is C4H3N3S. The molecule has 0 saturated heterocycles. The highest BCUT2D eigenvalue weighted by atomic mass is 32.1. The Hall–Kier alpha value is -0.900. The number of nitrogens with zero attached hydrogens (tertiary/aromatic N) is 3. The minimum atomic E-state index is 0.273. The lowest BCUT2D eigenvalue weighted by atomic mass is 10.7. The van der Waals surface area contributed by atoms with Crippen molar-refractivity contribution >= 4 is 12.2 Å². The van der Waals surface area contributed by atoms with Gasteiger partial charge in [-0.15, -0.1) is 5.10 Å². The Balaban J connectivity index is 3.32. The van der Waals surface area contributed by atoms with E-state index in [1.165, 1.54) is 6.20 Å². The van der Waals surface area contributed by atoms with Crippen molar-refractivity contribution in [1.29, 1.82) is 0 Å². The number of aromatic nitrogens is 3. The predicted octanol–water partition coefficient (Wildman–Crippen LogP) is 0.601. The monoisotopic (exact) mass is 125 g/mol. The predicted molar refractivity (Wildman–Crippen MR) is 30.7 cm³/mol. The molecule has 0 bridgehead atoms. The number of hydrogen-bond acceptors (Lipinski definition) is 4.